The van der Waals surface area contributed by atoms with Crippen molar-refractivity contribution in [1.82, 2.24) is 5.32 Å². The second-order valence-electron chi connectivity index (χ2n) is 6.12. The molecule has 1 heterocycles. The van der Waals surface area contributed by atoms with Crippen LogP contribution in [-0.4, -0.2) is 34.0 Å². The molecule has 0 aromatic heterocycles. The first-order chi connectivity index (χ1) is 12.7. The number of fused-ring (bicyclic) bond motifs is 1. The number of ether oxygens (including phenoxy) is 4. The standard InChI is InChI=1S/C21H27NO4/c1-5-25-17-8-7-15(12-18(17)23-3)21-16-13-19(24-4)20(26-6-2)11-14(16)9-10-22-21/h7-8,11-13,21-22H,5-6,9-10H2,1-4H3/t21-/m0/s1. The molecule has 26 heavy (non-hydrogen) atoms. The molecule has 0 fully saturated rings. The van der Waals surface area contributed by atoms with E-state index in [1.807, 2.05) is 26.0 Å². The van der Waals surface area contributed by atoms with Crippen molar-refractivity contribution >= 4 is 0 Å². The highest BCUT2D eigenvalue weighted by Crippen LogP contribution is 2.39. The first-order valence-electron chi connectivity index (χ1n) is 9.09. The lowest BCUT2D eigenvalue weighted by atomic mass is 9.89. The van der Waals surface area contributed by atoms with Crippen LogP contribution in [0.15, 0.2) is 30.3 Å². The van der Waals surface area contributed by atoms with Crippen molar-refractivity contribution in [3.8, 4) is 23.0 Å². The fraction of sp³-hybridized carbons (Fsp3) is 0.429. The van der Waals surface area contributed by atoms with Gasteiger partial charge in [0, 0.05) is 6.54 Å². The molecule has 3 rings (SSSR count). The van der Waals surface area contributed by atoms with E-state index in [9.17, 15) is 0 Å². The third-order valence-corrected chi connectivity index (χ3v) is 4.60. The van der Waals surface area contributed by atoms with Gasteiger partial charge in [-0.3, -0.25) is 0 Å². The van der Waals surface area contributed by atoms with E-state index in [0.717, 1.165) is 41.5 Å². The Kier molecular flexibility index (Phi) is 5.89. The number of benzene rings is 2. The molecule has 2 aromatic rings. The van der Waals surface area contributed by atoms with E-state index >= 15 is 0 Å². The smallest absolute Gasteiger partial charge is 0.161 e. The molecular weight excluding hydrogens is 330 g/mol. The van der Waals surface area contributed by atoms with Gasteiger partial charge in [-0.2, -0.15) is 0 Å². The monoisotopic (exact) mass is 357 g/mol. The summed E-state index contributed by atoms with van der Waals surface area (Å²) in [5.74, 6) is 3.08. The second-order valence-corrected chi connectivity index (χ2v) is 6.12. The van der Waals surface area contributed by atoms with Gasteiger partial charge in [-0.15, -0.1) is 0 Å². The van der Waals surface area contributed by atoms with E-state index in [2.05, 4.69) is 23.5 Å². The minimum atomic E-state index is 0.0768. The zero-order valence-electron chi connectivity index (χ0n) is 15.9. The molecule has 0 saturated heterocycles. The molecule has 0 radical (unpaired) electrons. The summed E-state index contributed by atoms with van der Waals surface area (Å²) in [6, 6.07) is 10.4. The first kappa shape index (κ1) is 18.4. The summed E-state index contributed by atoms with van der Waals surface area (Å²) in [5.41, 5.74) is 3.63. The maximum absolute atomic E-state index is 5.73. The van der Waals surface area contributed by atoms with Gasteiger partial charge in [0.15, 0.2) is 23.0 Å². The van der Waals surface area contributed by atoms with E-state index in [0.29, 0.717) is 13.2 Å². The fourth-order valence-electron chi connectivity index (χ4n) is 3.43. The topological polar surface area (TPSA) is 49.0 Å². The highest BCUT2D eigenvalue weighted by molar-refractivity contribution is 5.53. The van der Waals surface area contributed by atoms with Crippen LogP contribution in [0.2, 0.25) is 0 Å². The molecule has 0 saturated carbocycles. The third kappa shape index (κ3) is 3.58. The van der Waals surface area contributed by atoms with Crippen molar-refractivity contribution in [1.29, 1.82) is 0 Å². The van der Waals surface area contributed by atoms with Crippen molar-refractivity contribution in [3.05, 3.63) is 47.0 Å². The van der Waals surface area contributed by atoms with Crippen molar-refractivity contribution in [2.45, 2.75) is 26.3 Å². The van der Waals surface area contributed by atoms with E-state index in [1.54, 1.807) is 14.2 Å². The van der Waals surface area contributed by atoms with Crippen LogP contribution < -0.4 is 24.3 Å². The van der Waals surface area contributed by atoms with Crippen LogP contribution in [0.4, 0.5) is 0 Å². The van der Waals surface area contributed by atoms with Crippen LogP contribution in [0.3, 0.4) is 0 Å². The van der Waals surface area contributed by atoms with Gasteiger partial charge in [0.05, 0.1) is 33.5 Å². The number of rotatable bonds is 7. The largest absolute Gasteiger partial charge is 0.493 e. The average molecular weight is 357 g/mol. The Morgan fingerprint density at radius 2 is 1.58 bits per heavy atom. The molecule has 140 valence electrons. The Labute approximate surface area is 155 Å². The number of nitrogens with one attached hydrogen (secondary N) is 1. The minimum Gasteiger partial charge on any atom is -0.493 e. The summed E-state index contributed by atoms with van der Waals surface area (Å²) < 4.78 is 22.4. The molecule has 1 aliphatic rings. The summed E-state index contributed by atoms with van der Waals surface area (Å²) in [6.07, 6.45) is 0.962. The Bertz CT molecular complexity index is 760. The van der Waals surface area contributed by atoms with Gasteiger partial charge in [-0.25, -0.2) is 0 Å². The summed E-state index contributed by atoms with van der Waals surface area (Å²) in [5, 5.41) is 3.60. The predicted molar refractivity (Wildman–Crippen MR) is 102 cm³/mol. The molecule has 5 nitrogen and oxygen atoms in total. The highest BCUT2D eigenvalue weighted by Gasteiger charge is 2.25. The molecule has 2 aromatic carbocycles. The molecule has 1 atom stereocenters. The van der Waals surface area contributed by atoms with Crippen molar-refractivity contribution in [3.63, 3.8) is 0 Å². The summed E-state index contributed by atoms with van der Waals surface area (Å²) in [7, 11) is 3.34. The molecule has 1 aliphatic heterocycles. The molecule has 5 heteroatoms. The lowest BCUT2D eigenvalue weighted by molar-refractivity contribution is 0.309. The van der Waals surface area contributed by atoms with Crippen LogP contribution in [0.1, 0.15) is 36.6 Å². The van der Waals surface area contributed by atoms with Crippen molar-refractivity contribution < 1.29 is 18.9 Å². The van der Waals surface area contributed by atoms with E-state index in [-0.39, 0.29) is 6.04 Å². The maximum Gasteiger partial charge on any atom is 0.161 e. The molecule has 0 spiro atoms. The van der Waals surface area contributed by atoms with Gasteiger partial charge in [0.1, 0.15) is 0 Å². The van der Waals surface area contributed by atoms with Gasteiger partial charge in [-0.1, -0.05) is 6.07 Å². The SMILES string of the molecule is CCOc1ccc([C@@H]2NCCc3cc(OCC)c(OC)cc32)cc1OC. The van der Waals surface area contributed by atoms with E-state index < -0.39 is 0 Å². The van der Waals surface area contributed by atoms with Gasteiger partial charge in [-0.05, 0) is 61.2 Å². The number of hydrogen-bond acceptors (Lipinski definition) is 5. The molecule has 0 aliphatic carbocycles. The maximum atomic E-state index is 5.73. The number of hydrogen-bond donors (Lipinski definition) is 1. The van der Waals surface area contributed by atoms with Crippen LogP contribution in [0.25, 0.3) is 0 Å². The molecule has 1 N–H and O–H groups in total. The Balaban J connectivity index is 2.01. The lowest BCUT2D eigenvalue weighted by Crippen LogP contribution is -2.30. The molecule has 0 unspecified atom stereocenters. The van der Waals surface area contributed by atoms with E-state index in [4.69, 9.17) is 18.9 Å². The summed E-state index contributed by atoms with van der Waals surface area (Å²) >= 11 is 0. The zero-order valence-corrected chi connectivity index (χ0v) is 15.9. The quantitative estimate of drug-likeness (QED) is 0.818. The van der Waals surface area contributed by atoms with Crippen molar-refractivity contribution in [2.24, 2.45) is 0 Å². The van der Waals surface area contributed by atoms with Crippen molar-refractivity contribution in [2.75, 3.05) is 34.0 Å². The fourth-order valence-corrected chi connectivity index (χ4v) is 3.43. The normalized spacial score (nSPS) is 15.9. The summed E-state index contributed by atoms with van der Waals surface area (Å²) in [6.45, 7) is 6.08. The Morgan fingerprint density at radius 1 is 0.885 bits per heavy atom. The van der Waals surface area contributed by atoms with Crippen LogP contribution in [0.5, 0.6) is 23.0 Å². The van der Waals surface area contributed by atoms with Gasteiger partial charge in [0.25, 0.3) is 0 Å². The lowest BCUT2D eigenvalue weighted by Gasteiger charge is -2.29. The van der Waals surface area contributed by atoms with Gasteiger partial charge >= 0.3 is 0 Å². The van der Waals surface area contributed by atoms with Gasteiger partial charge < -0.3 is 24.3 Å². The van der Waals surface area contributed by atoms with E-state index in [1.165, 1.54) is 11.1 Å². The Hall–Kier alpha value is -2.40. The number of methoxy groups -OCH3 is 2. The zero-order chi connectivity index (χ0) is 18.5. The minimum absolute atomic E-state index is 0.0768. The molecular formula is C21H27NO4. The molecule has 0 amide bonds. The average Bonchev–Trinajstić information content (AvgIpc) is 2.67. The highest BCUT2D eigenvalue weighted by atomic mass is 16.5. The molecule has 0 bridgehead atoms. The van der Waals surface area contributed by atoms with Crippen LogP contribution in [0, 0.1) is 0 Å². The third-order valence-electron chi connectivity index (χ3n) is 4.60. The Morgan fingerprint density at radius 3 is 2.27 bits per heavy atom. The van der Waals surface area contributed by atoms with Crippen LogP contribution in [-0.2, 0) is 6.42 Å². The second kappa shape index (κ2) is 8.32. The first-order valence-corrected chi connectivity index (χ1v) is 9.09. The van der Waals surface area contributed by atoms with Crippen LogP contribution >= 0.6 is 0 Å². The van der Waals surface area contributed by atoms with Gasteiger partial charge in [0.2, 0.25) is 0 Å². The predicted octanol–water partition coefficient (Wildman–Crippen LogP) is 3.74. The summed E-state index contributed by atoms with van der Waals surface area (Å²) in [4.78, 5) is 0.